The second-order valence-electron chi connectivity index (χ2n) is 8.55. The number of aromatic nitrogens is 2. The van der Waals surface area contributed by atoms with E-state index in [0.717, 1.165) is 22.2 Å². The summed E-state index contributed by atoms with van der Waals surface area (Å²) in [6.07, 6.45) is 1.60. The van der Waals surface area contributed by atoms with Crippen LogP contribution in [0, 0.1) is 0 Å². The number of para-hydroxylation sites is 1. The number of aliphatic carboxylic acids is 1. The highest BCUT2D eigenvalue weighted by Crippen LogP contribution is 2.27. The molecular formula is C26H27N5O4. The maximum absolute atomic E-state index is 12.3. The van der Waals surface area contributed by atoms with Crippen LogP contribution in [-0.4, -0.2) is 39.7 Å². The number of carbonyl (C=O) groups is 1. The lowest BCUT2D eigenvalue weighted by Gasteiger charge is -2.32. The zero-order chi connectivity index (χ0) is 25.2. The van der Waals surface area contributed by atoms with Gasteiger partial charge in [0.1, 0.15) is 29.1 Å². The predicted octanol–water partition coefficient (Wildman–Crippen LogP) is 3.31. The highest BCUT2D eigenvalue weighted by Gasteiger charge is 2.37. The third-order valence-corrected chi connectivity index (χ3v) is 6.15. The zero-order valence-electron chi connectivity index (χ0n) is 19.8. The molecule has 0 aliphatic rings. The van der Waals surface area contributed by atoms with Crippen LogP contribution < -0.4 is 26.4 Å². The molecule has 4 aromatic rings. The van der Waals surface area contributed by atoms with Crippen LogP contribution in [0.25, 0.3) is 10.9 Å². The molecule has 1 heterocycles. The van der Waals surface area contributed by atoms with Gasteiger partial charge in [-0.1, -0.05) is 24.3 Å². The van der Waals surface area contributed by atoms with E-state index in [0.29, 0.717) is 18.9 Å². The van der Waals surface area contributed by atoms with Gasteiger partial charge in [0.2, 0.25) is 0 Å². The van der Waals surface area contributed by atoms with Gasteiger partial charge in [0.25, 0.3) is 10.9 Å². The second kappa shape index (κ2) is 9.54. The Balaban J connectivity index is 1.54. The Morgan fingerprint density at radius 1 is 1.00 bits per heavy atom. The molecule has 0 bridgehead atoms. The maximum atomic E-state index is 12.3. The van der Waals surface area contributed by atoms with Gasteiger partial charge >= 0.3 is 5.97 Å². The summed E-state index contributed by atoms with van der Waals surface area (Å²) in [7, 11) is 0. The van der Waals surface area contributed by atoms with Crippen LogP contribution in [0.1, 0.15) is 26.3 Å². The molecule has 1 atom stereocenters. The fourth-order valence-electron chi connectivity index (χ4n) is 4.14. The Morgan fingerprint density at radius 3 is 2.34 bits per heavy atom. The van der Waals surface area contributed by atoms with Crippen LogP contribution in [0.3, 0.4) is 0 Å². The first-order valence-electron chi connectivity index (χ1n) is 11.4. The maximum Gasteiger partial charge on any atom is 0.329 e. The first kappa shape index (κ1) is 23.9. The van der Waals surface area contributed by atoms with E-state index in [2.05, 4.69) is 20.6 Å². The Labute approximate surface area is 202 Å². The summed E-state index contributed by atoms with van der Waals surface area (Å²) in [5.41, 5.74) is -0.0685. The highest BCUT2D eigenvalue weighted by molar-refractivity contribution is 5.90. The van der Waals surface area contributed by atoms with Crippen LogP contribution in [0.4, 0.5) is 22.9 Å². The fraction of sp³-hybridized carbons (Fsp3) is 0.269. The van der Waals surface area contributed by atoms with E-state index in [4.69, 9.17) is 0 Å². The summed E-state index contributed by atoms with van der Waals surface area (Å²) in [5.74, 6) is -0.449. The van der Waals surface area contributed by atoms with E-state index >= 15 is 0 Å². The monoisotopic (exact) mass is 473 g/mol. The van der Waals surface area contributed by atoms with Crippen molar-refractivity contribution in [1.82, 2.24) is 9.97 Å². The lowest BCUT2D eigenvalue weighted by atomic mass is 9.91. The number of benzene rings is 2. The molecule has 35 heavy (non-hydrogen) atoms. The third-order valence-electron chi connectivity index (χ3n) is 6.15. The molecule has 0 spiro atoms. The van der Waals surface area contributed by atoms with Crippen molar-refractivity contribution < 1.29 is 9.90 Å². The summed E-state index contributed by atoms with van der Waals surface area (Å²) in [5, 5.41) is 17.0. The molecule has 0 radical (unpaired) electrons. The van der Waals surface area contributed by atoms with Crippen molar-refractivity contribution in [3.63, 3.8) is 0 Å². The molecule has 0 saturated carbocycles. The van der Waals surface area contributed by atoms with E-state index < -0.39 is 22.4 Å². The lowest BCUT2D eigenvalue weighted by Crippen LogP contribution is -2.51. The summed E-state index contributed by atoms with van der Waals surface area (Å²) < 4.78 is 0. The largest absolute Gasteiger partial charge is 0.480 e. The van der Waals surface area contributed by atoms with Crippen molar-refractivity contribution in [3.8, 4) is 0 Å². The zero-order valence-corrected chi connectivity index (χ0v) is 19.8. The van der Waals surface area contributed by atoms with Crippen molar-refractivity contribution in [1.29, 1.82) is 0 Å². The van der Waals surface area contributed by atoms with E-state index in [1.54, 1.807) is 4.90 Å². The number of carboxylic acid groups (broad SMARTS) is 1. The van der Waals surface area contributed by atoms with Gasteiger partial charge in [-0.05, 0) is 50.6 Å². The molecule has 1 aromatic heterocycles. The molecule has 180 valence electrons. The van der Waals surface area contributed by atoms with Crippen LogP contribution in [0.15, 0.2) is 64.4 Å². The lowest BCUT2D eigenvalue weighted by molar-refractivity contribution is -0.141. The number of carboxylic acids is 1. The highest BCUT2D eigenvalue weighted by atomic mass is 16.4. The molecule has 3 N–H and O–H groups in total. The van der Waals surface area contributed by atoms with E-state index in [1.165, 1.54) is 13.3 Å². The average molecular weight is 474 g/mol. The smallest absolute Gasteiger partial charge is 0.329 e. The molecular weight excluding hydrogens is 446 g/mol. The fourth-order valence-corrected chi connectivity index (χ4v) is 4.14. The molecule has 4 rings (SSSR count). The average Bonchev–Trinajstić information content (AvgIpc) is 2.87. The van der Waals surface area contributed by atoms with Gasteiger partial charge < -0.3 is 20.6 Å². The topological polar surface area (TPSA) is 125 Å². The van der Waals surface area contributed by atoms with Crippen LogP contribution >= 0.6 is 0 Å². The number of hydrogen-bond acceptors (Lipinski definition) is 8. The quantitative estimate of drug-likeness (QED) is 0.298. The number of nitrogens with zero attached hydrogens (tertiary/aromatic N) is 3. The van der Waals surface area contributed by atoms with Gasteiger partial charge in [0, 0.05) is 30.6 Å². The summed E-state index contributed by atoms with van der Waals surface area (Å²) >= 11 is 0. The molecule has 0 unspecified atom stereocenters. The minimum absolute atomic E-state index is 0.0672. The first-order valence-corrected chi connectivity index (χ1v) is 11.4. The molecule has 9 nitrogen and oxygen atoms in total. The van der Waals surface area contributed by atoms with Crippen molar-refractivity contribution >= 4 is 39.8 Å². The number of rotatable bonds is 10. The normalized spacial score (nSPS) is 12.9. The summed E-state index contributed by atoms with van der Waals surface area (Å²) in [6, 6.07) is 15.0. The van der Waals surface area contributed by atoms with Crippen LogP contribution in [-0.2, 0) is 11.2 Å². The minimum Gasteiger partial charge on any atom is -0.480 e. The molecule has 0 fully saturated rings. The Bertz CT molecular complexity index is 1430. The van der Waals surface area contributed by atoms with Crippen molar-refractivity contribution in [2.75, 3.05) is 28.6 Å². The van der Waals surface area contributed by atoms with Crippen LogP contribution in [0.2, 0.25) is 0 Å². The molecule has 9 heteroatoms. The Morgan fingerprint density at radius 2 is 1.69 bits per heavy atom. The van der Waals surface area contributed by atoms with Crippen molar-refractivity contribution in [2.45, 2.75) is 32.7 Å². The van der Waals surface area contributed by atoms with Gasteiger partial charge in [-0.25, -0.2) is 14.8 Å². The number of fused-ring (bicyclic) bond motifs is 1. The van der Waals surface area contributed by atoms with Gasteiger partial charge in [-0.2, -0.15) is 0 Å². The summed E-state index contributed by atoms with van der Waals surface area (Å²) in [4.78, 5) is 47.0. The number of hydrogen-bond donors (Lipinski definition) is 3. The molecule has 0 aliphatic heterocycles. The minimum atomic E-state index is -1.48. The number of anilines is 4. The van der Waals surface area contributed by atoms with E-state index in [1.807, 2.05) is 62.4 Å². The molecule has 0 amide bonds. The van der Waals surface area contributed by atoms with Gasteiger partial charge in [0.15, 0.2) is 0 Å². The Hall–Kier alpha value is -4.27. The molecule has 3 aromatic carbocycles. The van der Waals surface area contributed by atoms with Gasteiger partial charge in [-0.3, -0.25) is 9.59 Å². The summed E-state index contributed by atoms with van der Waals surface area (Å²) in [6.45, 7) is 6.34. The number of nitrogens with one attached hydrogen (secondary N) is 2. The predicted molar refractivity (Wildman–Crippen MR) is 138 cm³/mol. The van der Waals surface area contributed by atoms with Gasteiger partial charge in [-0.15, -0.1) is 0 Å². The Kier molecular flexibility index (Phi) is 6.50. The van der Waals surface area contributed by atoms with E-state index in [9.17, 15) is 19.5 Å². The molecule has 0 saturated heterocycles. The second-order valence-corrected chi connectivity index (χ2v) is 8.55. The third kappa shape index (κ3) is 4.57. The van der Waals surface area contributed by atoms with Crippen molar-refractivity contribution in [3.05, 3.63) is 80.9 Å². The van der Waals surface area contributed by atoms with Crippen molar-refractivity contribution in [2.24, 2.45) is 0 Å². The SMILES string of the molecule is CCN(CC)c1c(N[C@@](C)(Cc2ccc(Nc3ncnc4ccccc34)cc2)C(=O)O)c(=O)c1=O. The van der Waals surface area contributed by atoms with Gasteiger partial charge in [0.05, 0.1) is 5.52 Å². The van der Waals surface area contributed by atoms with Crippen LogP contribution in [0.5, 0.6) is 0 Å². The van der Waals surface area contributed by atoms with E-state index in [-0.39, 0.29) is 17.8 Å². The first-order chi connectivity index (χ1) is 16.8. The standard InChI is InChI=1S/C26H27N5O4/c1-4-31(5-2)21-20(22(32)23(21)33)30-26(3,25(34)35)14-16-10-12-17(13-11-16)29-24-18-8-6-7-9-19(18)27-15-28-24/h6-13,15,30H,4-5,14H2,1-3H3,(H,34,35)(H,27,28,29)/t26-/m0/s1. The molecule has 0 aliphatic carbocycles.